The third kappa shape index (κ3) is 5.08. The zero-order chi connectivity index (χ0) is 20.7. The summed E-state index contributed by atoms with van der Waals surface area (Å²) in [5.74, 6) is -0.586. The Kier molecular flexibility index (Phi) is 7.12. The number of nitrogens with one attached hydrogen (secondary N) is 2. The number of rotatable bonds is 6. The summed E-state index contributed by atoms with van der Waals surface area (Å²) in [5, 5.41) is 5.96. The van der Waals surface area contributed by atoms with Crippen LogP contribution < -0.4 is 15.4 Å². The van der Waals surface area contributed by atoms with Crippen LogP contribution in [0.15, 0.2) is 48.5 Å². The molecule has 3 rings (SSSR count). The SMILES string of the molecule is COc1ccccc1C1(CNC(=O)C(=O)NCc2ccccc2Cl)CCOCC1. The molecule has 2 aromatic rings. The summed E-state index contributed by atoms with van der Waals surface area (Å²) in [5.41, 5.74) is 1.43. The Bertz CT molecular complexity index is 865. The largest absolute Gasteiger partial charge is 0.496 e. The summed E-state index contributed by atoms with van der Waals surface area (Å²) in [6.07, 6.45) is 1.46. The quantitative estimate of drug-likeness (QED) is 0.710. The summed E-state index contributed by atoms with van der Waals surface area (Å²) in [6, 6.07) is 15.0. The smallest absolute Gasteiger partial charge is 0.309 e. The Morgan fingerprint density at radius 1 is 1.03 bits per heavy atom. The highest BCUT2D eigenvalue weighted by Gasteiger charge is 2.37. The lowest BCUT2D eigenvalue weighted by Crippen LogP contribution is -2.48. The third-order valence-electron chi connectivity index (χ3n) is 5.32. The first-order valence-corrected chi connectivity index (χ1v) is 9.94. The summed E-state index contributed by atoms with van der Waals surface area (Å²) in [4.78, 5) is 24.6. The standard InChI is InChI=1S/C22H25ClN2O4/c1-28-19-9-5-3-7-17(19)22(10-12-29-13-11-22)15-25-21(27)20(26)24-14-16-6-2-4-8-18(16)23/h2-9H,10-15H2,1H3,(H,24,26)(H,25,27). The van der Waals surface area contributed by atoms with Crippen LogP contribution in [0.3, 0.4) is 0 Å². The third-order valence-corrected chi connectivity index (χ3v) is 5.69. The van der Waals surface area contributed by atoms with Crippen molar-refractivity contribution < 1.29 is 19.1 Å². The van der Waals surface area contributed by atoms with Gasteiger partial charge in [0.1, 0.15) is 5.75 Å². The molecule has 1 saturated heterocycles. The van der Waals surface area contributed by atoms with Gasteiger partial charge in [-0.1, -0.05) is 48.0 Å². The minimum Gasteiger partial charge on any atom is -0.496 e. The fourth-order valence-corrected chi connectivity index (χ4v) is 3.82. The second-order valence-corrected chi connectivity index (χ2v) is 7.46. The molecule has 0 saturated carbocycles. The van der Waals surface area contributed by atoms with Gasteiger partial charge in [-0.25, -0.2) is 0 Å². The summed E-state index contributed by atoms with van der Waals surface area (Å²) in [7, 11) is 1.63. The number of para-hydroxylation sites is 1. The van der Waals surface area contributed by atoms with Crippen LogP contribution in [-0.4, -0.2) is 38.7 Å². The van der Waals surface area contributed by atoms with Gasteiger partial charge in [-0.3, -0.25) is 9.59 Å². The predicted molar refractivity (Wildman–Crippen MR) is 111 cm³/mol. The maximum atomic E-state index is 12.4. The van der Waals surface area contributed by atoms with Crippen LogP contribution in [0.2, 0.25) is 5.02 Å². The first kappa shape index (κ1) is 21.1. The van der Waals surface area contributed by atoms with Crippen LogP contribution in [-0.2, 0) is 26.3 Å². The number of benzene rings is 2. The van der Waals surface area contributed by atoms with Crippen molar-refractivity contribution in [3.05, 3.63) is 64.7 Å². The summed E-state index contributed by atoms with van der Waals surface area (Å²) < 4.78 is 11.1. The highest BCUT2D eigenvalue weighted by molar-refractivity contribution is 6.35. The molecule has 154 valence electrons. The van der Waals surface area contributed by atoms with Crippen molar-refractivity contribution in [3.8, 4) is 5.75 Å². The van der Waals surface area contributed by atoms with Crippen molar-refractivity contribution in [3.63, 3.8) is 0 Å². The zero-order valence-electron chi connectivity index (χ0n) is 16.4. The number of methoxy groups -OCH3 is 1. The predicted octanol–water partition coefficient (Wildman–Crippen LogP) is 2.83. The number of carbonyl (C=O) groups is 2. The number of hydrogen-bond donors (Lipinski definition) is 2. The van der Waals surface area contributed by atoms with E-state index in [9.17, 15) is 9.59 Å². The Balaban J connectivity index is 1.65. The average Bonchev–Trinajstić information content (AvgIpc) is 2.77. The Morgan fingerprint density at radius 2 is 1.69 bits per heavy atom. The van der Waals surface area contributed by atoms with E-state index in [4.69, 9.17) is 21.1 Å². The molecule has 0 aromatic heterocycles. The van der Waals surface area contributed by atoms with Crippen LogP contribution in [0, 0.1) is 0 Å². The fourth-order valence-electron chi connectivity index (χ4n) is 3.61. The van der Waals surface area contributed by atoms with Gasteiger partial charge in [0.15, 0.2) is 0 Å². The van der Waals surface area contributed by atoms with Gasteiger partial charge in [0.2, 0.25) is 0 Å². The molecular weight excluding hydrogens is 392 g/mol. The van der Waals surface area contributed by atoms with Crippen molar-refractivity contribution in [2.75, 3.05) is 26.9 Å². The first-order valence-electron chi connectivity index (χ1n) is 9.56. The highest BCUT2D eigenvalue weighted by atomic mass is 35.5. The minimum atomic E-state index is -0.688. The average molecular weight is 417 g/mol. The minimum absolute atomic E-state index is 0.192. The molecular formula is C22H25ClN2O4. The van der Waals surface area contributed by atoms with E-state index in [1.54, 1.807) is 19.2 Å². The van der Waals surface area contributed by atoms with Crippen LogP contribution in [0.1, 0.15) is 24.0 Å². The van der Waals surface area contributed by atoms with Gasteiger partial charge < -0.3 is 20.1 Å². The van der Waals surface area contributed by atoms with Gasteiger partial charge in [0, 0.05) is 42.3 Å². The molecule has 0 spiro atoms. The maximum Gasteiger partial charge on any atom is 0.309 e. The van der Waals surface area contributed by atoms with Crippen molar-refractivity contribution >= 4 is 23.4 Å². The molecule has 0 aliphatic carbocycles. The lowest BCUT2D eigenvalue weighted by atomic mass is 9.73. The lowest BCUT2D eigenvalue weighted by molar-refractivity contribution is -0.139. The molecule has 6 nitrogen and oxygen atoms in total. The van der Waals surface area contributed by atoms with E-state index in [-0.39, 0.29) is 12.0 Å². The maximum absolute atomic E-state index is 12.4. The van der Waals surface area contributed by atoms with Crippen molar-refractivity contribution in [1.82, 2.24) is 10.6 Å². The van der Waals surface area contributed by atoms with Gasteiger partial charge in [0.25, 0.3) is 0 Å². The summed E-state index contributed by atoms with van der Waals surface area (Å²) in [6.45, 7) is 1.70. The Morgan fingerprint density at radius 3 is 2.41 bits per heavy atom. The lowest BCUT2D eigenvalue weighted by Gasteiger charge is -2.38. The summed E-state index contributed by atoms with van der Waals surface area (Å²) >= 11 is 6.09. The molecule has 0 unspecified atom stereocenters. The number of carbonyl (C=O) groups excluding carboxylic acids is 2. The van der Waals surface area contributed by atoms with Crippen LogP contribution in [0.4, 0.5) is 0 Å². The second kappa shape index (κ2) is 9.76. The normalized spacial score (nSPS) is 15.4. The molecule has 1 aliphatic rings. The second-order valence-electron chi connectivity index (χ2n) is 7.05. The molecule has 1 fully saturated rings. The van der Waals surface area contributed by atoms with Gasteiger partial charge in [-0.15, -0.1) is 0 Å². The highest BCUT2D eigenvalue weighted by Crippen LogP contribution is 2.39. The molecule has 2 aromatic carbocycles. The Labute approximate surface area is 175 Å². The fraction of sp³-hybridized carbons (Fsp3) is 0.364. The van der Waals surface area contributed by atoms with Crippen LogP contribution in [0.25, 0.3) is 0 Å². The first-order chi connectivity index (χ1) is 14.1. The monoisotopic (exact) mass is 416 g/mol. The van der Waals surface area contributed by atoms with E-state index in [2.05, 4.69) is 10.6 Å². The molecule has 0 bridgehead atoms. The van der Waals surface area contributed by atoms with E-state index in [1.165, 1.54) is 0 Å². The zero-order valence-corrected chi connectivity index (χ0v) is 17.1. The van der Waals surface area contributed by atoms with E-state index in [0.717, 1.165) is 29.7 Å². The van der Waals surface area contributed by atoms with Crippen LogP contribution in [0.5, 0.6) is 5.75 Å². The number of amides is 2. The van der Waals surface area contributed by atoms with Gasteiger partial charge >= 0.3 is 11.8 Å². The number of halogens is 1. The van der Waals surface area contributed by atoms with E-state index in [0.29, 0.717) is 24.8 Å². The van der Waals surface area contributed by atoms with Crippen LogP contribution >= 0.6 is 11.6 Å². The topological polar surface area (TPSA) is 76.7 Å². The molecule has 1 heterocycles. The van der Waals surface area contributed by atoms with Gasteiger partial charge in [0.05, 0.1) is 7.11 Å². The van der Waals surface area contributed by atoms with Gasteiger partial charge in [-0.2, -0.15) is 0 Å². The molecule has 29 heavy (non-hydrogen) atoms. The molecule has 1 aliphatic heterocycles. The molecule has 0 atom stereocenters. The van der Waals surface area contributed by atoms with E-state index >= 15 is 0 Å². The molecule has 0 radical (unpaired) electrons. The molecule has 7 heteroatoms. The molecule has 2 N–H and O–H groups in total. The molecule has 2 amide bonds. The van der Waals surface area contributed by atoms with Crippen molar-refractivity contribution in [1.29, 1.82) is 0 Å². The van der Waals surface area contributed by atoms with E-state index in [1.807, 2.05) is 36.4 Å². The van der Waals surface area contributed by atoms with Gasteiger partial charge in [-0.05, 0) is 30.5 Å². The van der Waals surface area contributed by atoms with Crippen molar-refractivity contribution in [2.45, 2.75) is 24.8 Å². The number of ether oxygens (including phenoxy) is 2. The number of hydrogen-bond acceptors (Lipinski definition) is 4. The van der Waals surface area contributed by atoms with E-state index < -0.39 is 11.8 Å². The van der Waals surface area contributed by atoms with Crippen molar-refractivity contribution in [2.24, 2.45) is 0 Å². The Hall–Kier alpha value is -2.57.